The van der Waals surface area contributed by atoms with Gasteiger partial charge in [-0.3, -0.25) is 0 Å². The first-order valence-corrected chi connectivity index (χ1v) is 16.0. The van der Waals surface area contributed by atoms with Gasteiger partial charge in [0.1, 0.15) is 12.2 Å². The van der Waals surface area contributed by atoms with Crippen molar-refractivity contribution in [1.82, 2.24) is 0 Å². The van der Waals surface area contributed by atoms with E-state index in [1.807, 2.05) is 0 Å². The van der Waals surface area contributed by atoms with Gasteiger partial charge in [-0.05, 0) is 87.2 Å². The SMILES string of the molecule is CCC(O)c1ccc(-c2ccc(C(=O)OC3CCC(C4CCC(c5ccc(C6CO6)c(F)c5F)CC4)CC3)c(F)c2F)c(F)c1F. The van der Waals surface area contributed by atoms with Crippen LogP contribution in [0.2, 0.25) is 0 Å². The standard InChI is InChI=1S/C36H36F6O4/c1-2-28(43)25-14-12-23(31(38)33(25)40)24-13-16-27(35(42)32(24)39)36(44)46-21-9-7-19(8-10-21)18-3-5-20(6-4-18)22-11-15-26(29-17-45-29)34(41)30(22)37/h11-16,18-21,28-29,43H,2-10,17H2,1H3. The van der Waals surface area contributed by atoms with Gasteiger partial charge in [-0.2, -0.15) is 0 Å². The van der Waals surface area contributed by atoms with Crippen LogP contribution in [0.15, 0.2) is 36.4 Å². The molecule has 0 spiro atoms. The van der Waals surface area contributed by atoms with Crippen molar-refractivity contribution < 1.29 is 45.7 Å². The average molecular weight is 647 g/mol. The normalized spacial score (nSPS) is 25.3. The molecule has 3 fully saturated rings. The van der Waals surface area contributed by atoms with E-state index in [-0.39, 0.29) is 29.6 Å². The Labute approximate surface area is 263 Å². The van der Waals surface area contributed by atoms with Gasteiger partial charge < -0.3 is 14.6 Å². The first-order chi connectivity index (χ1) is 22.1. The summed E-state index contributed by atoms with van der Waals surface area (Å²) in [7, 11) is 0. The molecule has 3 aromatic carbocycles. The minimum atomic E-state index is -1.52. The van der Waals surface area contributed by atoms with Crippen molar-refractivity contribution in [3.05, 3.63) is 93.6 Å². The topological polar surface area (TPSA) is 59.1 Å². The highest BCUT2D eigenvalue weighted by atomic mass is 19.2. The molecule has 3 aromatic rings. The van der Waals surface area contributed by atoms with Gasteiger partial charge in [-0.25, -0.2) is 31.1 Å². The monoisotopic (exact) mass is 646 g/mol. The van der Waals surface area contributed by atoms with E-state index in [1.165, 1.54) is 0 Å². The fourth-order valence-corrected chi connectivity index (χ4v) is 7.33. The van der Waals surface area contributed by atoms with Gasteiger partial charge in [0.15, 0.2) is 34.9 Å². The molecule has 2 saturated carbocycles. The highest BCUT2D eigenvalue weighted by molar-refractivity contribution is 5.90. The maximum Gasteiger partial charge on any atom is 0.341 e. The second kappa shape index (κ2) is 13.4. The van der Waals surface area contributed by atoms with E-state index in [0.717, 1.165) is 62.8 Å². The second-order valence-electron chi connectivity index (χ2n) is 12.8. The van der Waals surface area contributed by atoms with Crippen LogP contribution in [-0.2, 0) is 9.47 Å². The molecule has 1 aliphatic heterocycles. The molecule has 46 heavy (non-hydrogen) atoms. The second-order valence-corrected chi connectivity index (χ2v) is 12.8. The van der Waals surface area contributed by atoms with Gasteiger partial charge >= 0.3 is 5.97 Å². The average Bonchev–Trinajstić information content (AvgIpc) is 3.91. The summed E-state index contributed by atoms with van der Waals surface area (Å²) in [6.07, 6.45) is 4.06. The number of carbonyl (C=O) groups is 1. The number of hydrogen-bond acceptors (Lipinski definition) is 4. The Hall–Kier alpha value is -3.37. The van der Waals surface area contributed by atoms with Crippen molar-refractivity contribution in [2.24, 2.45) is 11.8 Å². The molecule has 10 heteroatoms. The largest absolute Gasteiger partial charge is 0.459 e. The summed E-state index contributed by atoms with van der Waals surface area (Å²) in [5.74, 6) is -7.65. The van der Waals surface area contributed by atoms with Crippen LogP contribution in [0, 0.1) is 46.7 Å². The van der Waals surface area contributed by atoms with Gasteiger partial charge in [-0.1, -0.05) is 37.3 Å². The minimum Gasteiger partial charge on any atom is -0.459 e. The first kappa shape index (κ1) is 32.6. The fourth-order valence-electron chi connectivity index (χ4n) is 7.33. The van der Waals surface area contributed by atoms with Gasteiger partial charge in [0.05, 0.1) is 18.3 Å². The zero-order chi connectivity index (χ0) is 32.7. The lowest BCUT2D eigenvalue weighted by Gasteiger charge is -2.37. The molecule has 1 N–H and O–H groups in total. The summed E-state index contributed by atoms with van der Waals surface area (Å²) in [6, 6.07) is 7.51. The first-order valence-electron chi connectivity index (χ1n) is 16.0. The molecule has 6 rings (SSSR count). The Kier molecular flexibility index (Phi) is 9.48. The van der Waals surface area contributed by atoms with Crippen molar-refractivity contribution in [3.63, 3.8) is 0 Å². The summed E-state index contributed by atoms with van der Waals surface area (Å²) in [5.41, 5.74) is -1.32. The summed E-state index contributed by atoms with van der Waals surface area (Å²) in [5, 5.41) is 9.88. The molecule has 246 valence electrons. The summed E-state index contributed by atoms with van der Waals surface area (Å²) >= 11 is 0. The predicted octanol–water partition coefficient (Wildman–Crippen LogP) is 9.39. The Bertz CT molecular complexity index is 1610. The number of aliphatic hydroxyl groups is 1. The van der Waals surface area contributed by atoms with Gasteiger partial charge in [0, 0.05) is 22.3 Å². The zero-order valence-corrected chi connectivity index (χ0v) is 25.4. The van der Waals surface area contributed by atoms with E-state index in [9.17, 15) is 27.5 Å². The van der Waals surface area contributed by atoms with Crippen molar-refractivity contribution in [1.29, 1.82) is 0 Å². The number of aliphatic hydroxyl groups excluding tert-OH is 1. The summed E-state index contributed by atoms with van der Waals surface area (Å²) in [4.78, 5) is 12.8. The molecule has 0 bridgehead atoms. The van der Waals surface area contributed by atoms with E-state index >= 15 is 8.78 Å². The van der Waals surface area contributed by atoms with Crippen molar-refractivity contribution in [3.8, 4) is 11.1 Å². The fraction of sp³-hybridized carbons (Fsp3) is 0.472. The van der Waals surface area contributed by atoms with Crippen molar-refractivity contribution >= 4 is 5.97 Å². The highest BCUT2D eigenvalue weighted by Gasteiger charge is 2.35. The molecule has 1 heterocycles. The molecule has 1 saturated heterocycles. The molecule has 2 atom stereocenters. The van der Waals surface area contributed by atoms with Crippen LogP contribution in [0.25, 0.3) is 11.1 Å². The third-order valence-electron chi connectivity index (χ3n) is 10.1. The molecule has 0 aromatic heterocycles. The third kappa shape index (κ3) is 6.30. The van der Waals surface area contributed by atoms with Crippen LogP contribution < -0.4 is 0 Å². The lowest BCUT2D eigenvalue weighted by atomic mass is 9.69. The Balaban J connectivity index is 1.03. The van der Waals surface area contributed by atoms with Crippen LogP contribution in [0.1, 0.15) is 110 Å². The van der Waals surface area contributed by atoms with E-state index in [2.05, 4.69) is 0 Å². The molecule has 3 aliphatic rings. The quantitative estimate of drug-likeness (QED) is 0.151. The lowest BCUT2D eigenvalue weighted by Crippen LogP contribution is -2.30. The number of ether oxygens (including phenoxy) is 2. The minimum absolute atomic E-state index is 0.0391. The molecule has 2 aliphatic carbocycles. The Morgan fingerprint density at radius 1 is 0.739 bits per heavy atom. The maximum absolute atomic E-state index is 15.0. The number of hydrogen-bond donors (Lipinski definition) is 1. The van der Waals surface area contributed by atoms with Gasteiger partial charge in [0.25, 0.3) is 0 Å². The summed E-state index contributed by atoms with van der Waals surface area (Å²) in [6.45, 7) is 2.00. The van der Waals surface area contributed by atoms with E-state index in [1.54, 1.807) is 19.1 Å². The Morgan fingerprint density at radius 3 is 1.89 bits per heavy atom. The number of halogens is 6. The number of rotatable bonds is 8. The third-order valence-corrected chi connectivity index (χ3v) is 10.1. The van der Waals surface area contributed by atoms with Crippen LogP contribution in [0.5, 0.6) is 0 Å². The molecular formula is C36H36F6O4. The van der Waals surface area contributed by atoms with E-state index < -0.39 is 69.8 Å². The molecule has 0 radical (unpaired) electrons. The molecule has 2 unspecified atom stereocenters. The van der Waals surface area contributed by atoms with Crippen molar-refractivity contribution in [2.75, 3.05) is 6.61 Å². The van der Waals surface area contributed by atoms with Crippen LogP contribution in [-0.4, -0.2) is 23.8 Å². The molecule has 4 nitrogen and oxygen atoms in total. The lowest BCUT2D eigenvalue weighted by molar-refractivity contribution is 0.0109. The van der Waals surface area contributed by atoms with Gasteiger partial charge in [0.2, 0.25) is 0 Å². The Morgan fingerprint density at radius 2 is 1.28 bits per heavy atom. The summed E-state index contributed by atoms with van der Waals surface area (Å²) < 4.78 is 99.4. The number of carbonyl (C=O) groups excluding carboxylic acids is 1. The van der Waals surface area contributed by atoms with E-state index in [4.69, 9.17) is 9.47 Å². The van der Waals surface area contributed by atoms with Gasteiger partial charge in [-0.15, -0.1) is 0 Å². The van der Waals surface area contributed by atoms with E-state index in [0.29, 0.717) is 36.8 Å². The van der Waals surface area contributed by atoms with Crippen LogP contribution >= 0.6 is 0 Å². The number of esters is 1. The van der Waals surface area contributed by atoms with Crippen LogP contribution in [0.3, 0.4) is 0 Å². The van der Waals surface area contributed by atoms with Crippen LogP contribution in [0.4, 0.5) is 26.3 Å². The predicted molar refractivity (Wildman–Crippen MR) is 158 cm³/mol. The maximum atomic E-state index is 15.0. The molecule has 0 amide bonds. The zero-order valence-electron chi connectivity index (χ0n) is 25.4. The smallest absolute Gasteiger partial charge is 0.341 e. The number of benzene rings is 3. The molecular weight excluding hydrogens is 610 g/mol. The number of epoxide rings is 1. The van der Waals surface area contributed by atoms with Crippen molar-refractivity contribution in [2.45, 2.75) is 88.9 Å². The highest BCUT2D eigenvalue weighted by Crippen LogP contribution is 2.45.